The van der Waals surface area contributed by atoms with Gasteiger partial charge in [0, 0.05) is 13.2 Å². The maximum absolute atomic E-state index is 4.54. The van der Waals surface area contributed by atoms with Crippen LogP contribution in [0.4, 0.5) is 0 Å². The number of aryl methyl sites for hydroxylation is 1. The molecule has 0 aliphatic rings. The fourth-order valence-electron chi connectivity index (χ4n) is 1.63. The first kappa shape index (κ1) is 7.50. The monoisotopic (exact) mass is 183 g/mol. The third kappa shape index (κ3) is 0.923. The standard InChI is InChI=1S/C11H9N3/c1-14-7-6-10-11(14)13-9-5-3-2-4-8(9)12-10/h2-7H,1H3. The van der Waals surface area contributed by atoms with Gasteiger partial charge in [-0.3, -0.25) is 0 Å². The molecule has 0 aliphatic heterocycles. The highest BCUT2D eigenvalue weighted by Crippen LogP contribution is 2.15. The van der Waals surface area contributed by atoms with Crippen LogP contribution in [0.3, 0.4) is 0 Å². The van der Waals surface area contributed by atoms with E-state index < -0.39 is 0 Å². The van der Waals surface area contributed by atoms with Crippen LogP contribution in [0.5, 0.6) is 0 Å². The third-order valence-electron chi connectivity index (χ3n) is 2.37. The first-order valence-electron chi connectivity index (χ1n) is 4.52. The average Bonchev–Trinajstić information content (AvgIpc) is 2.57. The second-order valence-corrected chi connectivity index (χ2v) is 3.35. The van der Waals surface area contributed by atoms with Crippen molar-refractivity contribution in [3.8, 4) is 0 Å². The Labute approximate surface area is 81.0 Å². The van der Waals surface area contributed by atoms with Gasteiger partial charge >= 0.3 is 0 Å². The Hall–Kier alpha value is -1.90. The summed E-state index contributed by atoms with van der Waals surface area (Å²) in [6, 6.07) is 9.90. The number of hydrogen-bond acceptors (Lipinski definition) is 2. The van der Waals surface area contributed by atoms with E-state index in [1.54, 1.807) is 0 Å². The Morgan fingerprint density at radius 1 is 0.929 bits per heavy atom. The molecule has 3 rings (SSSR count). The predicted octanol–water partition coefficient (Wildman–Crippen LogP) is 2.12. The topological polar surface area (TPSA) is 30.7 Å². The molecule has 1 aromatic carbocycles. The van der Waals surface area contributed by atoms with Gasteiger partial charge in [0.25, 0.3) is 0 Å². The number of rotatable bonds is 0. The minimum Gasteiger partial charge on any atom is -0.334 e. The van der Waals surface area contributed by atoms with Gasteiger partial charge in [0.05, 0.1) is 11.0 Å². The molecule has 2 aromatic heterocycles. The van der Waals surface area contributed by atoms with Crippen molar-refractivity contribution in [3.63, 3.8) is 0 Å². The van der Waals surface area contributed by atoms with Crippen molar-refractivity contribution < 1.29 is 0 Å². The lowest BCUT2D eigenvalue weighted by atomic mass is 10.3. The second-order valence-electron chi connectivity index (χ2n) is 3.35. The fraction of sp³-hybridized carbons (Fsp3) is 0.0909. The molecule has 0 unspecified atom stereocenters. The third-order valence-corrected chi connectivity index (χ3v) is 2.37. The summed E-state index contributed by atoms with van der Waals surface area (Å²) in [7, 11) is 1.98. The Bertz CT molecular complexity index is 610. The summed E-state index contributed by atoms with van der Waals surface area (Å²) in [6.45, 7) is 0. The van der Waals surface area contributed by atoms with Crippen LogP contribution in [-0.2, 0) is 7.05 Å². The van der Waals surface area contributed by atoms with Crippen LogP contribution >= 0.6 is 0 Å². The second kappa shape index (κ2) is 2.54. The minimum atomic E-state index is 0.934. The van der Waals surface area contributed by atoms with E-state index in [2.05, 4.69) is 9.97 Å². The molecule has 2 heterocycles. The molecule has 68 valence electrons. The number of nitrogens with zero attached hydrogens (tertiary/aromatic N) is 3. The van der Waals surface area contributed by atoms with E-state index in [0.29, 0.717) is 0 Å². The molecule has 0 aliphatic carbocycles. The van der Waals surface area contributed by atoms with Crippen molar-refractivity contribution in [2.24, 2.45) is 7.05 Å². The minimum absolute atomic E-state index is 0.934. The van der Waals surface area contributed by atoms with Gasteiger partial charge in [0.2, 0.25) is 0 Å². The predicted molar refractivity (Wildman–Crippen MR) is 56.0 cm³/mol. The zero-order chi connectivity index (χ0) is 9.54. The summed E-state index contributed by atoms with van der Waals surface area (Å²) in [6.07, 6.45) is 1.98. The molecule has 0 amide bonds. The number of fused-ring (bicyclic) bond motifs is 2. The highest BCUT2D eigenvalue weighted by molar-refractivity contribution is 5.84. The maximum atomic E-state index is 4.54. The summed E-state index contributed by atoms with van der Waals surface area (Å²) >= 11 is 0. The van der Waals surface area contributed by atoms with Gasteiger partial charge in [-0.25, -0.2) is 9.97 Å². The van der Waals surface area contributed by atoms with E-state index in [4.69, 9.17) is 0 Å². The van der Waals surface area contributed by atoms with Crippen LogP contribution in [-0.4, -0.2) is 14.5 Å². The Balaban J connectivity index is 2.54. The summed E-state index contributed by atoms with van der Waals surface area (Å²) < 4.78 is 1.98. The van der Waals surface area contributed by atoms with E-state index in [9.17, 15) is 0 Å². The first-order valence-corrected chi connectivity index (χ1v) is 4.52. The number of aromatic nitrogens is 3. The first-order chi connectivity index (χ1) is 6.84. The van der Waals surface area contributed by atoms with Crippen molar-refractivity contribution in [3.05, 3.63) is 36.5 Å². The molecule has 14 heavy (non-hydrogen) atoms. The zero-order valence-corrected chi connectivity index (χ0v) is 7.81. The van der Waals surface area contributed by atoms with Crippen LogP contribution in [0.2, 0.25) is 0 Å². The largest absolute Gasteiger partial charge is 0.334 e. The summed E-state index contributed by atoms with van der Waals surface area (Å²) in [4.78, 5) is 9.05. The van der Waals surface area contributed by atoms with E-state index in [0.717, 1.165) is 22.2 Å². The van der Waals surface area contributed by atoms with Crippen LogP contribution in [0, 0.1) is 0 Å². The van der Waals surface area contributed by atoms with Gasteiger partial charge in [-0.15, -0.1) is 0 Å². The lowest BCUT2D eigenvalue weighted by molar-refractivity contribution is 0.951. The molecule has 0 saturated carbocycles. The van der Waals surface area contributed by atoms with E-state index >= 15 is 0 Å². The lowest BCUT2D eigenvalue weighted by Crippen LogP contribution is -1.90. The molecule has 3 aromatic rings. The van der Waals surface area contributed by atoms with Crippen molar-refractivity contribution in [1.29, 1.82) is 0 Å². The Morgan fingerprint density at radius 2 is 1.64 bits per heavy atom. The highest BCUT2D eigenvalue weighted by atomic mass is 15.0. The highest BCUT2D eigenvalue weighted by Gasteiger charge is 2.02. The molecular weight excluding hydrogens is 174 g/mol. The van der Waals surface area contributed by atoms with Crippen LogP contribution in [0.1, 0.15) is 0 Å². The number of benzene rings is 1. The van der Waals surface area contributed by atoms with Gasteiger partial charge < -0.3 is 4.57 Å². The SMILES string of the molecule is Cn1ccc2nc3ccccc3nc21. The number of hydrogen-bond donors (Lipinski definition) is 0. The normalized spacial score (nSPS) is 11.2. The summed E-state index contributed by atoms with van der Waals surface area (Å²) in [5.74, 6) is 0. The molecule has 0 radical (unpaired) electrons. The molecule has 0 fully saturated rings. The molecular formula is C11H9N3. The van der Waals surface area contributed by atoms with Gasteiger partial charge in [-0.2, -0.15) is 0 Å². The fourth-order valence-corrected chi connectivity index (χ4v) is 1.63. The lowest BCUT2D eigenvalue weighted by Gasteiger charge is -1.98. The zero-order valence-electron chi connectivity index (χ0n) is 7.81. The molecule has 0 N–H and O–H groups in total. The van der Waals surface area contributed by atoms with Crippen molar-refractivity contribution in [1.82, 2.24) is 14.5 Å². The maximum Gasteiger partial charge on any atom is 0.159 e. The summed E-state index contributed by atoms with van der Waals surface area (Å²) in [5.41, 5.74) is 3.78. The molecule has 3 heteroatoms. The van der Waals surface area contributed by atoms with E-state index in [1.807, 2.05) is 48.1 Å². The van der Waals surface area contributed by atoms with Gasteiger partial charge in [0.15, 0.2) is 5.65 Å². The Kier molecular flexibility index (Phi) is 1.36. The van der Waals surface area contributed by atoms with E-state index in [1.165, 1.54) is 0 Å². The molecule has 0 bridgehead atoms. The quantitative estimate of drug-likeness (QED) is 0.534. The van der Waals surface area contributed by atoms with Crippen LogP contribution in [0.15, 0.2) is 36.5 Å². The molecule has 0 saturated heterocycles. The van der Waals surface area contributed by atoms with Crippen molar-refractivity contribution >= 4 is 22.2 Å². The number of para-hydroxylation sites is 2. The average molecular weight is 183 g/mol. The van der Waals surface area contributed by atoms with Gasteiger partial charge in [0.1, 0.15) is 5.52 Å². The molecule has 3 nitrogen and oxygen atoms in total. The smallest absolute Gasteiger partial charge is 0.159 e. The molecule has 0 spiro atoms. The van der Waals surface area contributed by atoms with Crippen molar-refractivity contribution in [2.75, 3.05) is 0 Å². The van der Waals surface area contributed by atoms with Crippen LogP contribution in [0.25, 0.3) is 22.2 Å². The van der Waals surface area contributed by atoms with Gasteiger partial charge in [-0.1, -0.05) is 12.1 Å². The van der Waals surface area contributed by atoms with Gasteiger partial charge in [-0.05, 0) is 18.2 Å². The Morgan fingerprint density at radius 3 is 2.43 bits per heavy atom. The van der Waals surface area contributed by atoms with Crippen LogP contribution < -0.4 is 0 Å². The van der Waals surface area contributed by atoms with E-state index in [-0.39, 0.29) is 0 Å². The molecule has 0 atom stereocenters. The summed E-state index contributed by atoms with van der Waals surface area (Å²) in [5, 5.41) is 0. The van der Waals surface area contributed by atoms with Crippen molar-refractivity contribution in [2.45, 2.75) is 0 Å².